The van der Waals surface area contributed by atoms with Crippen LogP contribution in [0.25, 0.3) is 0 Å². The maximum Gasteiger partial charge on any atom is 0.264 e. The summed E-state index contributed by atoms with van der Waals surface area (Å²) in [4.78, 5) is 12.8. The molecule has 1 atom stereocenters. The number of carbonyl (C=O) groups excluding carboxylic acids is 1. The molecule has 30 heavy (non-hydrogen) atoms. The van der Waals surface area contributed by atoms with Crippen LogP contribution in [0.5, 0.6) is 0 Å². The van der Waals surface area contributed by atoms with Gasteiger partial charge in [0.05, 0.1) is 10.6 Å². The molecule has 156 valence electrons. The van der Waals surface area contributed by atoms with Crippen LogP contribution in [0.15, 0.2) is 89.8 Å². The zero-order chi connectivity index (χ0) is 21.6. The maximum atomic E-state index is 13.2. The molecule has 0 saturated carbocycles. The average molecular weight is 443 g/mol. The molecule has 7 heteroatoms. The van der Waals surface area contributed by atoms with E-state index in [1.807, 2.05) is 37.3 Å². The Labute approximate surface area is 182 Å². The van der Waals surface area contributed by atoms with Gasteiger partial charge in [0.2, 0.25) is 5.91 Å². The number of carbonyl (C=O) groups is 1. The van der Waals surface area contributed by atoms with Crippen molar-refractivity contribution >= 4 is 33.2 Å². The van der Waals surface area contributed by atoms with E-state index < -0.39 is 15.9 Å². The van der Waals surface area contributed by atoms with Crippen molar-refractivity contribution in [2.24, 2.45) is 0 Å². The van der Waals surface area contributed by atoms with Gasteiger partial charge in [-0.2, -0.15) is 0 Å². The highest BCUT2D eigenvalue weighted by Gasteiger charge is 2.27. The van der Waals surface area contributed by atoms with Gasteiger partial charge in [-0.1, -0.05) is 73.1 Å². The van der Waals surface area contributed by atoms with Gasteiger partial charge in [-0.3, -0.25) is 9.10 Å². The van der Waals surface area contributed by atoms with Gasteiger partial charge in [-0.15, -0.1) is 0 Å². The molecule has 0 spiro atoms. The molecule has 0 aliphatic carbocycles. The van der Waals surface area contributed by atoms with Crippen molar-refractivity contribution in [2.75, 3.05) is 17.4 Å². The Hall–Kier alpha value is -2.83. The third-order valence-electron chi connectivity index (χ3n) is 4.69. The minimum absolute atomic E-state index is 0.0977. The zero-order valence-electron chi connectivity index (χ0n) is 16.5. The first-order valence-corrected chi connectivity index (χ1v) is 11.3. The van der Waals surface area contributed by atoms with Gasteiger partial charge in [0, 0.05) is 11.6 Å². The van der Waals surface area contributed by atoms with Crippen LogP contribution in [0.2, 0.25) is 5.02 Å². The fourth-order valence-corrected chi connectivity index (χ4v) is 4.64. The fraction of sp³-hybridized carbons (Fsp3) is 0.174. The van der Waals surface area contributed by atoms with Crippen LogP contribution < -0.4 is 9.62 Å². The molecule has 1 amide bonds. The molecular weight excluding hydrogens is 420 g/mol. The van der Waals surface area contributed by atoms with E-state index in [1.54, 1.807) is 36.4 Å². The predicted molar refractivity (Wildman–Crippen MR) is 120 cm³/mol. The van der Waals surface area contributed by atoms with Crippen LogP contribution in [0, 0.1) is 0 Å². The van der Waals surface area contributed by atoms with Gasteiger partial charge in [-0.25, -0.2) is 8.42 Å². The first-order chi connectivity index (χ1) is 14.4. The third kappa shape index (κ3) is 5.40. The smallest absolute Gasteiger partial charge is 0.264 e. The molecule has 0 aromatic heterocycles. The molecule has 0 heterocycles. The van der Waals surface area contributed by atoms with Crippen molar-refractivity contribution in [1.82, 2.24) is 5.32 Å². The quantitative estimate of drug-likeness (QED) is 0.560. The lowest BCUT2D eigenvalue weighted by Crippen LogP contribution is -2.41. The summed E-state index contributed by atoms with van der Waals surface area (Å²) < 4.78 is 27.6. The summed E-state index contributed by atoms with van der Waals surface area (Å²) in [6.07, 6.45) is 0. The normalized spacial score (nSPS) is 12.2. The SMILES string of the molecule is C[C@@H](CNC(=O)CN(c1cccc(Cl)c1)S(=O)(=O)c1ccccc1)c1ccccc1. The molecular formula is C23H23ClN2O3S. The van der Waals surface area contributed by atoms with Crippen LogP contribution >= 0.6 is 11.6 Å². The Balaban J connectivity index is 1.80. The van der Waals surface area contributed by atoms with Crippen LogP contribution in [-0.2, 0) is 14.8 Å². The highest BCUT2D eigenvalue weighted by atomic mass is 35.5. The van der Waals surface area contributed by atoms with Gasteiger partial charge in [0.15, 0.2) is 0 Å². The Morgan fingerprint density at radius 1 is 0.967 bits per heavy atom. The number of rotatable bonds is 8. The number of anilines is 1. The van der Waals surface area contributed by atoms with Crippen LogP contribution in [-0.4, -0.2) is 27.4 Å². The largest absolute Gasteiger partial charge is 0.354 e. The molecule has 0 radical (unpaired) electrons. The van der Waals surface area contributed by atoms with Crippen LogP contribution in [0.3, 0.4) is 0 Å². The molecule has 3 aromatic carbocycles. The second kappa shape index (κ2) is 9.78. The number of halogens is 1. The maximum absolute atomic E-state index is 13.2. The predicted octanol–water partition coefficient (Wildman–Crippen LogP) is 4.46. The number of sulfonamides is 1. The highest BCUT2D eigenvalue weighted by molar-refractivity contribution is 7.92. The lowest BCUT2D eigenvalue weighted by molar-refractivity contribution is -0.119. The minimum atomic E-state index is -3.94. The summed E-state index contributed by atoms with van der Waals surface area (Å²) in [6.45, 7) is 2.06. The van der Waals surface area contributed by atoms with E-state index in [1.165, 1.54) is 18.2 Å². The molecule has 0 unspecified atom stereocenters. The summed E-state index contributed by atoms with van der Waals surface area (Å²) >= 11 is 6.07. The Morgan fingerprint density at radius 3 is 2.23 bits per heavy atom. The average Bonchev–Trinajstić information content (AvgIpc) is 2.77. The zero-order valence-corrected chi connectivity index (χ0v) is 18.1. The molecule has 3 aromatic rings. The Kier molecular flexibility index (Phi) is 7.13. The van der Waals surface area contributed by atoms with Crippen molar-refractivity contribution in [3.63, 3.8) is 0 Å². The third-order valence-corrected chi connectivity index (χ3v) is 6.71. The Morgan fingerprint density at radius 2 is 1.60 bits per heavy atom. The van der Waals surface area contributed by atoms with E-state index in [0.717, 1.165) is 9.87 Å². The second-order valence-corrected chi connectivity index (χ2v) is 9.22. The molecule has 0 fully saturated rings. The summed E-state index contributed by atoms with van der Waals surface area (Å²) in [7, 11) is -3.94. The topological polar surface area (TPSA) is 66.5 Å². The monoisotopic (exact) mass is 442 g/mol. The number of benzene rings is 3. The number of nitrogens with zero attached hydrogens (tertiary/aromatic N) is 1. The van der Waals surface area contributed by atoms with Crippen LogP contribution in [0.4, 0.5) is 5.69 Å². The summed E-state index contributed by atoms with van der Waals surface area (Å²) in [5.41, 5.74) is 1.43. The van der Waals surface area contributed by atoms with Gasteiger partial charge < -0.3 is 5.32 Å². The minimum Gasteiger partial charge on any atom is -0.354 e. The standard InChI is InChI=1S/C23H23ClN2O3S/c1-18(19-9-4-2-5-10-19)16-25-23(27)17-26(21-12-8-11-20(24)15-21)30(28,29)22-13-6-3-7-14-22/h2-15,18H,16-17H2,1H3,(H,25,27)/t18-/m0/s1. The van der Waals surface area contributed by atoms with E-state index in [4.69, 9.17) is 11.6 Å². The van der Waals surface area contributed by atoms with Crippen molar-refractivity contribution in [1.29, 1.82) is 0 Å². The number of nitrogens with one attached hydrogen (secondary N) is 1. The van der Waals surface area contributed by atoms with E-state index in [-0.39, 0.29) is 17.4 Å². The number of hydrogen-bond acceptors (Lipinski definition) is 3. The lowest BCUT2D eigenvalue weighted by atomic mass is 10.0. The molecule has 0 aliphatic rings. The van der Waals surface area contributed by atoms with Crippen molar-refractivity contribution in [3.8, 4) is 0 Å². The molecule has 0 bridgehead atoms. The molecule has 1 N–H and O–H groups in total. The van der Waals surface area contributed by atoms with Crippen molar-refractivity contribution in [2.45, 2.75) is 17.7 Å². The first-order valence-electron chi connectivity index (χ1n) is 9.53. The lowest BCUT2D eigenvalue weighted by Gasteiger charge is -2.24. The van der Waals surface area contributed by atoms with E-state index in [2.05, 4.69) is 5.32 Å². The fourth-order valence-electron chi connectivity index (χ4n) is 3.02. The van der Waals surface area contributed by atoms with E-state index in [9.17, 15) is 13.2 Å². The van der Waals surface area contributed by atoms with Crippen LogP contribution in [0.1, 0.15) is 18.4 Å². The highest BCUT2D eigenvalue weighted by Crippen LogP contribution is 2.26. The molecule has 0 saturated heterocycles. The second-order valence-electron chi connectivity index (χ2n) is 6.92. The summed E-state index contributed by atoms with van der Waals surface area (Å²) in [5, 5.41) is 3.23. The first kappa shape index (κ1) is 21.9. The summed E-state index contributed by atoms with van der Waals surface area (Å²) in [6, 6.07) is 24.3. The van der Waals surface area contributed by atoms with Gasteiger partial charge in [0.1, 0.15) is 6.54 Å². The summed E-state index contributed by atoms with van der Waals surface area (Å²) in [5.74, 6) is -0.294. The van der Waals surface area contributed by atoms with Crippen molar-refractivity contribution in [3.05, 3.63) is 95.5 Å². The van der Waals surface area contributed by atoms with E-state index in [0.29, 0.717) is 17.3 Å². The van der Waals surface area contributed by atoms with Gasteiger partial charge in [-0.05, 0) is 41.8 Å². The molecule has 3 rings (SSSR count). The molecule has 5 nitrogen and oxygen atoms in total. The number of hydrogen-bond donors (Lipinski definition) is 1. The van der Waals surface area contributed by atoms with Gasteiger partial charge in [0.25, 0.3) is 10.0 Å². The molecule has 0 aliphatic heterocycles. The Bertz CT molecular complexity index is 1090. The van der Waals surface area contributed by atoms with Crippen molar-refractivity contribution < 1.29 is 13.2 Å². The number of amides is 1. The van der Waals surface area contributed by atoms with E-state index >= 15 is 0 Å². The van der Waals surface area contributed by atoms with Gasteiger partial charge >= 0.3 is 0 Å².